The number of carbonyl (C=O) groups excluding carboxylic acids is 2. The number of halogens is 2. The molecule has 3 aromatic rings. The number of aromatic nitrogens is 2. The molecule has 1 atom stereocenters. The molecule has 0 radical (unpaired) electrons. The first kappa shape index (κ1) is 22.8. The van der Waals surface area contributed by atoms with Gasteiger partial charge in [0.2, 0.25) is 5.13 Å². The SMILES string of the molecule is CCCSc1nnc(N2C(=O)C(=O)C(=C(O)c3ccc(Cl)cc3)C2c2ccc(Cl)cc2)s1. The number of carbonyl (C=O) groups is 2. The average molecular weight is 506 g/mol. The van der Waals surface area contributed by atoms with E-state index in [1.54, 1.807) is 48.5 Å². The van der Waals surface area contributed by atoms with Crippen LogP contribution in [0.25, 0.3) is 5.76 Å². The van der Waals surface area contributed by atoms with Crippen molar-refractivity contribution in [3.63, 3.8) is 0 Å². The Labute approximate surface area is 202 Å². The smallest absolute Gasteiger partial charge is 0.301 e. The van der Waals surface area contributed by atoms with Gasteiger partial charge < -0.3 is 5.11 Å². The lowest BCUT2D eigenvalue weighted by atomic mass is 9.95. The highest BCUT2D eigenvalue weighted by molar-refractivity contribution is 8.01. The molecule has 1 N–H and O–H groups in total. The summed E-state index contributed by atoms with van der Waals surface area (Å²) in [5, 5.41) is 20.6. The van der Waals surface area contributed by atoms with E-state index in [1.165, 1.54) is 28.0 Å². The van der Waals surface area contributed by atoms with E-state index >= 15 is 0 Å². The molecule has 4 rings (SSSR count). The average Bonchev–Trinajstić information content (AvgIpc) is 3.35. The van der Waals surface area contributed by atoms with Gasteiger partial charge in [0.05, 0.1) is 11.6 Å². The number of hydrogen-bond donors (Lipinski definition) is 1. The van der Waals surface area contributed by atoms with Gasteiger partial charge >= 0.3 is 5.91 Å². The summed E-state index contributed by atoms with van der Waals surface area (Å²) in [6.07, 6.45) is 0.968. The summed E-state index contributed by atoms with van der Waals surface area (Å²) in [4.78, 5) is 27.5. The van der Waals surface area contributed by atoms with Crippen LogP contribution in [0.2, 0.25) is 10.0 Å². The summed E-state index contributed by atoms with van der Waals surface area (Å²) in [7, 11) is 0. The fraction of sp³-hybridized carbons (Fsp3) is 0.182. The molecule has 2 aromatic carbocycles. The Morgan fingerprint density at radius 1 is 1.06 bits per heavy atom. The van der Waals surface area contributed by atoms with E-state index in [0.29, 0.717) is 30.6 Å². The maximum absolute atomic E-state index is 13.1. The molecule has 0 bridgehead atoms. The number of Topliss-reactive ketones (excluding diaryl/α,β-unsaturated/α-hetero) is 1. The van der Waals surface area contributed by atoms with Gasteiger partial charge in [0.1, 0.15) is 5.76 Å². The molecule has 1 fully saturated rings. The number of anilines is 1. The van der Waals surface area contributed by atoms with Crippen LogP contribution in [0.15, 0.2) is 58.4 Å². The van der Waals surface area contributed by atoms with Crippen molar-refractivity contribution in [1.29, 1.82) is 0 Å². The standard InChI is InChI=1S/C22H17Cl2N3O3S2/c1-2-11-31-22-26-25-21(32-22)27-17(12-3-7-14(23)8-4-12)16(19(29)20(27)30)18(28)13-5-9-15(24)10-6-13/h3-10,17,28H,2,11H2,1H3. The highest BCUT2D eigenvalue weighted by Crippen LogP contribution is 2.44. The second-order valence-corrected chi connectivity index (χ2v) is 10.1. The zero-order valence-electron chi connectivity index (χ0n) is 16.8. The van der Waals surface area contributed by atoms with Crippen LogP contribution < -0.4 is 4.90 Å². The predicted octanol–water partition coefficient (Wildman–Crippen LogP) is 5.97. The van der Waals surface area contributed by atoms with Crippen molar-refractivity contribution in [3.8, 4) is 0 Å². The van der Waals surface area contributed by atoms with Gasteiger partial charge in [-0.1, -0.05) is 65.4 Å². The topological polar surface area (TPSA) is 83.4 Å². The van der Waals surface area contributed by atoms with E-state index in [2.05, 4.69) is 17.1 Å². The molecule has 6 nitrogen and oxygen atoms in total. The Morgan fingerprint density at radius 2 is 1.69 bits per heavy atom. The van der Waals surface area contributed by atoms with Crippen molar-refractivity contribution in [1.82, 2.24) is 10.2 Å². The summed E-state index contributed by atoms with van der Waals surface area (Å²) in [6, 6.07) is 12.3. The molecule has 1 aliphatic heterocycles. The van der Waals surface area contributed by atoms with E-state index in [-0.39, 0.29) is 11.3 Å². The first-order valence-electron chi connectivity index (χ1n) is 9.69. The van der Waals surface area contributed by atoms with Gasteiger partial charge in [-0.3, -0.25) is 14.5 Å². The van der Waals surface area contributed by atoms with Gasteiger partial charge in [-0.15, -0.1) is 10.2 Å². The number of aliphatic hydroxyl groups excluding tert-OH is 1. The molecule has 0 spiro atoms. The molecule has 0 saturated carbocycles. The Morgan fingerprint density at radius 3 is 2.31 bits per heavy atom. The lowest BCUT2D eigenvalue weighted by molar-refractivity contribution is -0.132. The normalized spacial score (nSPS) is 17.8. The molecule has 1 aliphatic rings. The molecular formula is C22H17Cl2N3O3S2. The summed E-state index contributed by atoms with van der Waals surface area (Å²) in [5.74, 6) is -0.989. The zero-order valence-corrected chi connectivity index (χ0v) is 19.9. The summed E-state index contributed by atoms with van der Waals surface area (Å²) < 4.78 is 0.705. The van der Waals surface area contributed by atoms with Crippen molar-refractivity contribution >= 4 is 68.9 Å². The number of benzene rings is 2. The Bertz CT molecular complexity index is 1190. The predicted molar refractivity (Wildman–Crippen MR) is 129 cm³/mol. The third kappa shape index (κ3) is 4.41. The highest BCUT2D eigenvalue weighted by atomic mass is 35.5. The summed E-state index contributed by atoms with van der Waals surface area (Å²) >= 11 is 14.8. The van der Waals surface area contributed by atoms with E-state index in [1.807, 2.05) is 0 Å². The molecule has 10 heteroatoms. The van der Waals surface area contributed by atoms with E-state index in [0.717, 1.165) is 12.2 Å². The largest absolute Gasteiger partial charge is 0.507 e. The number of thioether (sulfide) groups is 1. The minimum atomic E-state index is -0.875. The van der Waals surface area contributed by atoms with Gasteiger partial charge in [-0.25, -0.2) is 0 Å². The Kier molecular flexibility index (Phi) is 6.85. The lowest BCUT2D eigenvalue weighted by Crippen LogP contribution is -2.29. The molecule has 2 heterocycles. The molecule has 0 aliphatic carbocycles. The fourth-order valence-electron chi connectivity index (χ4n) is 3.30. The monoisotopic (exact) mass is 505 g/mol. The first-order chi connectivity index (χ1) is 15.4. The van der Waals surface area contributed by atoms with E-state index < -0.39 is 17.7 Å². The Balaban J connectivity index is 1.86. The third-order valence-corrected chi connectivity index (χ3v) is 7.55. The minimum absolute atomic E-state index is 0.0300. The number of ketones is 1. The maximum atomic E-state index is 13.1. The minimum Gasteiger partial charge on any atom is -0.507 e. The van der Waals surface area contributed by atoms with E-state index in [9.17, 15) is 14.7 Å². The number of nitrogens with zero attached hydrogens (tertiary/aromatic N) is 3. The second kappa shape index (κ2) is 9.62. The van der Waals surface area contributed by atoms with E-state index in [4.69, 9.17) is 23.2 Å². The Hall–Kier alpha value is -2.39. The van der Waals surface area contributed by atoms with Crippen molar-refractivity contribution < 1.29 is 14.7 Å². The van der Waals surface area contributed by atoms with Gasteiger partial charge in [0.15, 0.2) is 4.34 Å². The first-order valence-corrected chi connectivity index (χ1v) is 12.2. The number of amides is 1. The van der Waals surface area contributed by atoms with Crippen molar-refractivity contribution in [3.05, 3.63) is 75.3 Å². The van der Waals surface area contributed by atoms with Gasteiger partial charge in [0, 0.05) is 21.4 Å². The quantitative estimate of drug-likeness (QED) is 0.146. The highest BCUT2D eigenvalue weighted by Gasteiger charge is 2.48. The number of aliphatic hydroxyl groups is 1. The van der Waals surface area contributed by atoms with Gasteiger partial charge in [-0.2, -0.15) is 0 Å². The van der Waals surface area contributed by atoms with Crippen molar-refractivity contribution in [2.75, 3.05) is 10.7 Å². The van der Waals surface area contributed by atoms with Crippen LogP contribution >= 0.6 is 46.3 Å². The van der Waals surface area contributed by atoms with Crippen LogP contribution in [0, 0.1) is 0 Å². The van der Waals surface area contributed by atoms with Gasteiger partial charge in [-0.05, 0) is 48.4 Å². The molecule has 1 aromatic heterocycles. The maximum Gasteiger partial charge on any atom is 0.301 e. The van der Waals surface area contributed by atoms with Crippen LogP contribution in [0.3, 0.4) is 0 Å². The number of rotatable bonds is 6. The van der Waals surface area contributed by atoms with Crippen LogP contribution in [-0.2, 0) is 9.59 Å². The lowest BCUT2D eigenvalue weighted by Gasteiger charge is -2.22. The molecular weight excluding hydrogens is 489 g/mol. The molecule has 164 valence electrons. The molecule has 1 unspecified atom stereocenters. The van der Waals surface area contributed by atoms with Gasteiger partial charge in [0.25, 0.3) is 5.78 Å². The zero-order chi connectivity index (χ0) is 22.8. The third-order valence-electron chi connectivity index (χ3n) is 4.78. The van der Waals surface area contributed by atoms with Crippen LogP contribution in [0.4, 0.5) is 5.13 Å². The van der Waals surface area contributed by atoms with Crippen LogP contribution in [0.1, 0.15) is 30.5 Å². The van der Waals surface area contributed by atoms with Crippen molar-refractivity contribution in [2.45, 2.75) is 23.7 Å². The second-order valence-electron chi connectivity index (χ2n) is 6.93. The summed E-state index contributed by atoms with van der Waals surface area (Å²) in [6.45, 7) is 2.06. The molecule has 1 saturated heterocycles. The fourth-order valence-corrected chi connectivity index (χ4v) is 5.35. The van der Waals surface area contributed by atoms with Crippen LogP contribution in [-0.4, -0.2) is 32.7 Å². The van der Waals surface area contributed by atoms with Crippen LogP contribution in [0.5, 0.6) is 0 Å². The number of hydrogen-bond acceptors (Lipinski definition) is 7. The molecule has 32 heavy (non-hydrogen) atoms. The summed E-state index contributed by atoms with van der Waals surface area (Å²) in [5.41, 5.74) is 0.961. The van der Waals surface area contributed by atoms with Crippen molar-refractivity contribution in [2.24, 2.45) is 0 Å². The molecule has 1 amide bonds.